The zero-order chi connectivity index (χ0) is 19.0. The van der Waals surface area contributed by atoms with E-state index in [1.54, 1.807) is 6.08 Å². The summed E-state index contributed by atoms with van der Waals surface area (Å²) in [4.78, 5) is 19.3. The lowest BCUT2D eigenvalue weighted by molar-refractivity contribution is -0.0351. The van der Waals surface area contributed by atoms with E-state index in [4.69, 9.17) is 27.5 Å². The van der Waals surface area contributed by atoms with Crippen molar-refractivity contribution in [3.63, 3.8) is 0 Å². The number of rotatable bonds is 3. The molecule has 2 aliphatic heterocycles. The largest absolute Gasteiger partial charge is 0.444 e. The number of fused-ring (bicyclic) bond motifs is 2. The number of amides is 1. The number of nitrogens with two attached hydrogens (primary N) is 1. The van der Waals surface area contributed by atoms with E-state index in [2.05, 4.69) is 18.8 Å². The predicted octanol–water partition coefficient (Wildman–Crippen LogP) is 3.83. The second kappa shape index (κ2) is 6.63. The Hall–Kier alpha value is -1.56. The maximum absolute atomic E-state index is 12.8. The third kappa shape index (κ3) is 4.54. The standard InChI is InChI=1S/C18H29ClN4O2/c1-16(2,3)25-15(24)23-17(4)8-9-18(23,5)11-12(10-17)22-14(21)7-6-13(19)20/h6-7,12,20H,8-11H2,1-5H3,(H2,21,22)/b7-6-,20-13?/t12?,17-,18+. The predicted molar refractivity (Wildman–Crippen MR) is 101 cm³/mol. The molecule has 3 N–H and O–H groups in total. The minimum atomic E-state index is -0.514. The van der Waals surface area contributed by atoms with Gasteiger partial charge in [-0.1, -0.05) is 11.6 Å². The summed E-state index contributed by atoms with van der Waals surface area (Å²) < 4.78 is 5.65. The fraction of sp³-hybridized carbons (Fsp3) is 0.722. The molecule has 7 heteroatoms. The summed E-state index contributed by atoms with van der Waals surface area (Å²) >= 11 is 5.50. The lowest BCUT2D eigenvalue weighted by Crippen LogP contribution is -2.61. The molecule has 2 bridgehead atoms. The van der Waals surface area contributed by atoms with Gasteiger partial charge in [0.05, 0.1) is 6.04 Å². The van der Waals surface area contributed by atoms with E-state index in [-0.39, 0.29) is 28.4 Å². The molecular weight excluding hydrogens is 340 g/mol. The quantitative estimate of drug-likeness (QED) is 0.585. The van der Waals surface area contributed by atoms with Gasteiger partial charge in [-0.25, -0.2) is 4.79 Å². The van der Waals surface area contributed by atoms with Gasteiger partial charge in [-0.3, -0.25) is 15.3 Å². The molecule has 25 heavy (non-hydrogen) atoms. The van der Waals surface area contributed by atoms with Crippen molar-refractivity contribution in [3.8, 4) is 0 Å². The number of halogens is 1. The minimum absolute atomic E-state index is 0.0327. The number of aliphatic imine (C=N–C) groups is 1. The van der Waals surface area contributed by atoms with E-state index in [0.717, 1.165) is 25.7 Å². The van der Waals surface area contributed by atoms with Crippen LogP contribution in [0.25, 0.3) is 0 Å². The first-order chi connectivity index (χ1) is 11.3. The Morgan fingerprint density at radius 2 is 1.80 bits per heavy atom. The van der Waals surface area contributed by atoms with E-state index >= 15 is 0 Å². The highest BCUT2D eigenvalue weighted by Gasteiger charge is 2.58. The van der Waals surface area contributed by atoms with Crippen LogP contribution in [0.4, 0.5) is 4.79 Å². The number of piperidine rings is 1. The molecule has 2 saturated heterocycles. The van der Waals surface area contributed by atoms with Crippen LogP contribution in [0.5, 0.6) is 0 Å². The normalized spacial score (nSPS) is 33.0. The SMILES string of the molecule is CC(C)(C)OC(=O)N1[C@@]2(C)CC[C@]1(C)CC(N=C(N)/C=C\C(=N)Cl)C2. The van der Waals surface area contributed by atoms with E-state index in [0.29, 0.717) is 5.84 Å². The van der Waals surface area contributed by atoms with Gasteiger partial charge in [-0.2, -0.15) is 0 Å². The molecule has 0 radical (unpaired) electrons. The van der Waals surface area contributed by atoms with E-state index in [1.807, 2.05) is 25.7 Å². The topological polar surface area (TPSA) is 91.8 Å². The van der Waals surface area contributed by atoms with Crippen LogP contribution in [-0.4, -0.2) is 44.7 Å². The lowest BCUT2D eigenvalue weighted by Gasteiger charge is -2.50. The fourth-order valence-electron chi connectivity index (χ4n) is 4.14. The highest BCUT2D eigenvalue weighted by atomic mass is 35.5. The van der Waals surface area contributed by atoms with Crippen molar-refractivity contribution in [2.24, 2.45) is 10.7 Å². The van der Waals surface area contributed by atoms with Crippen molar-refractivity contribution in [3.05, 3.63) is 12.2 Å². The average molecular weight is 369 g/mol. The number of nitrogens with zero attached hydrogens (tertiary/aromatic N) is 2. The number of hydrogen-bond acceptors (Lipinski definition) is 4. The van der Waals surface area contributed by atoms with E-state index < -0.39 is 5.60 Å². The highest BCUT2D eigenvalue weighted by Crippen LogP contribution is 2.51. The van der Waals surface area contributed by atoms with Gasteiger partial charge in [-0.15, -0.1) is 0 Å². The molecule has 0 saturated carbocycles. The van der Waals surface area contributed by atoms with Crippen LogP contribution in [0, 0.1) is 5.41 Å². The molecule has 2 heterocycles. The van der Waals surface area contributed by atoms with Gasteiger partial charge < -0.3 is 10.5 Å². The summed E-state index contributed by atoms with van der Waals surface area (Å²) in [7, 11) is 0. The molecule has 1 amide bonds. The average Bonchev–Trinajstić information content (AvgIpc) is 2.57. The van der Waals surface area contributed by atoms with Gasteiger partial charge in [0, 0.05) is 11.1 Å². The molecule has 2 rings (SSSR count). The first-order valence-electron chi connectivity index (χ1n) is 8.63. The molecule has 1 unspecified atom stereocenters. The minimum Gasteiger partial charge on any atom is -0.444 e. The molecule has 6 nitrogen and oxygen atoms in total. The summed E-state index contributed by atoms with van der Waals surface area (Å²) in [6, 6.07) is 0.0327. The molecule has 140 valence electrons. The third-order valence-corrected chi connectivity index (χ3v) is 5.07. The molecule has 2 aliphatic rings. The van der Waals surface area contributed by atoms with Crippen LogP contribution in [-0.2, 0) is 4.74 Å². The van der Waals surface area contributed by atoms with E-state index in [9.17, 15) is 4.79 Å². The molecule has 0 aliphatic carbocycles. The Balaban J connectivity index is 2.20. The summed E-state index contributed by atoms with van der Waals surface area (Å²) in [5.74, 6) is 0.354. The van der Waals surface area contributed by atoms with Crippen molar-refractivity contribution in [2.75, 3.05) is 0 Å². The van der Waals surface area contributed by atoms with Gasteiger partial charge in [-0.05, 0) is 72.5 Å². The number of carbonyl (C=O) groups excluding carboxylic acids is 1. The van der Waals surface area contributed by atoms with Crippen molar-refractivity contribution in [1.29, 1.82) is 5.41 Å². The number of nitrogens with one attached hydrogen (secondary N) is 1. The van der Waals surface area contributed by atoms with Crippen molar-refractivity contribution in [2.45, 2.75) is 83.0 Å². The second-order valence-corrected chi connectivity index (χ2v) is 9.01. The molecular formula is C18H29ClN4O2. The third-order valence-electron chi connectivity index (χ3n) is 4.94. The van der Waals surface area contributed by atoms with Crippen molar-refractivity contribution in [1.82, 2.24) is 4.90 Å². The monoisotopic (exact) mass is 368 g/mol. The van der Waals surface area contributed by atoms with Crippen LogP contribution in [0.1, 0.15) is 60.3 Å². The molecule has 0 aromatic carbocycles. The Kier molecular flexibility index (Phi) is 5.24. The van der Waals surface area contributed by atoms with Crippen molar-refractivity contribution >= 4 is 28.7 Å². The molecule has 3 atom stereocenters. The Bertz CT molecular complexity index is 605. The Morgan fingerprint density at radius 3 is 2.24 bits per heavy atom. The number of ether oxygens (including phenoxy) is 1. The first-order valence-corrected chi connectivity index (χ1v) is 9.01. The van der Waals surface area contributed by atoms with Gasteiger partial charge in [0.1, 0.15) is 16.6 Å². The first kappa shape index (κ1) is 19.8. The molecule has 0 aromatic rings. The molecule has 2 fully saturated rings. The summed E-state index contributed by atoms with van der Waals surface area (Å²) in [6.45, 7) is 9.86. The van der Waals surface area contributed by atoms with Gasteiger partial charge in [0.15, 0.2) is 0 Å². The number of amidine groups is 1. The van der Waals surface area contributed by atoms with Gasteiger partial charge >= 0.3 is 6.09 Å². The zero-order valence-electron chi connectivity index (χ0n) is 15.7. The number of hydrogen-bond donors (Lipinski definition) is 2. The molecule has 0 aromatic heterocycles. The van der Waals surface area contributed by atoms with E-state index in [1.165, 1.54) is 6.08 Å². The maximum atomic E-state index is 12.8. The van der Waals surface area contributed by atoms with Crippen LogP contribution < -0.4 is 5.73 Å². The summed E-state index contributed by atoms with van der Waals surface area (Å²) in [5.41, 5.74) is 4.85. The van der Waals surface area contributed by atoms with Crippen LogP contribution >= 0.6 is 11.6 Å². The van der Waals surface area contributed by atoms with Crippen LogP contribution in [0.15, 0.2) is 17.1 Å². The number of carbonyl (C=O) groups is 1. The lowest BCUT2D eigenvalue weighted by atomic mass is 9.82. The maximum Gasteiger partial charge on any atom is 0.411 e. The number of allylic oxidation sites excluding steroid dienone is 1. The highest BCUT2D eigenvalue weighted by molar-refractivity contribution is 6.67. The van der Waals surface area contributed by atoms with Crippen LogP contribution in [0.2, 0.25) is 0 Å². The molecule has 0 spiro atoms. The van der Waals surface area contributed by atoms with Crippen LogP contribution in [0.3, 0.4) is 0 Å². The van der Waals surface area contributed by atoms with Gasteiger partial charge in [0.25, 0.3) is 0 Å². The van der Waals surface area contributed by atoms with Crippen molar-refractivity contribution < 1.29 is 9.53 Å². The smallest absolute Gasteiger partial charge is 0.411 e. The van der Waals surface area contributed by atoms with Gasteiger partial charge in [0.2, 0.25) is 0 Å². The second-order valence-electron chi connectivity index (χ2n) is 8.61. The summed E-state index contributed by atoms with van der Waals surface area (Å²) in [5, 5.41) is 7.11. The Labute approximate surface area is 155 Å². The fourth-order valence-corrected chi connectivity index (χ4v) is 4.20. The zero-order valence-corrected chi connectivity index (χ0v) is 16.5. The Morgan fingerprint density at radius 1 is 1.28 bits per heavy atom. The summed E-state index contributed by atoms with van der Waals surface area (Å²) in [6.07, 6.45) is 6.05.